The van der Waals surface area contributed by atoms with Gasteiger partial charge in [-0.1, -0.05) is 35.9 Å². The standard InChI is InChI=1S/C16H12ClN3O/c1-10-5-4-8-18-15(10)20-16(21)12-9-14(17)19-13-7-3-2-6-11(12)13/h2-9H,1H3,(H,18,20,21). The first kappa shape index (κ1) is 13.5. The Morgan fingerprint density at radius 1 is 1.19 bits per heavy atom. The molecule has 5 heteroatoms. The number of rotatable bonds is 2. The number of hydrogen-bond acceptors (Lipinski definition) is 3. The summed E-state index contributed by atoms with van der Waals surface area (Å²) < 4.78 is 0. The molecule has 0 radical (unpaired) electrons. The van der Waals surface area contributed by atoms with Gasteiger partial charge in [-0.3, -0.25) is 4.79 Å². The van der Waals surface area contributed by atoms with Gasteiger partial charge >= 0.3 is 0 Å². The molecule has 0 saturated carbocycles. The summed E-state index contributed by atoms with van der Waals surface area (Å²) >= 11 is 6.00. The average Bonchev–Trinajstić information content (AvgIpc) is 2.48. The van der Waals surface area contributed by atoms with E-state index in [2.05, 4.69) is 15.3 Å². The van der Waals surface area contributed by atoms with Crippen molar-refractivity contribution in [2.75, 3.05) is 5.32 Å². The number of pyridine rings is 2. The van der Waals surface area contributed by atoms with Crippen molar-refractivity contribution in [3.05, 3.63) is 64.9 Å². The van der Waals surface area contributed by atoms with Crippen molar-refractivity contribution in [3.63, 3.8) is 0 Å². The van der Waals surface area contributed by atoms with Crippen LogP contribution in [-0.4, -0.2) is 15.9 Å². The summed E-state index contributed by atoms with van der Waals surface area (Å²) in [5.41, 5.74) is 2.07. The lowest BCUT2D eigenvalue weighted by Gasteiger charge is -2.09. The zero-order chi connectivity index (χ0) is 14.8. The quantitative estimate of drug-likeness (QED) is 0.731. The van der Waals surface area contributed by atoms with Crippen LogP contribution in [-0.2, 0) is 0 Å². The van der Waals surface area contributed by atoms with E-state index in [4.69, 9.17) is 11.6 Å². The fraction of sp³-hybridized carbons (Fsp3) is 0.0625. The van der Waals surface area contributed by atoms with E-state index >= 15 is 0 Å². The predicted molar refractivity (Wildman–Crippen MR) is 83.7 cm³/mol. The lowest BCUT2D eigenvalue weighted by atomic mass is 10.1. The first-order chi connectivity index (χ1) is 10.1. The van der Waals surface area contributed by atoms with Crippen LogP contribution < -0.4 is 5.32 Å². The molecule has 3 aromatic rings. The molecule has 0 aliphatic rings. The van der Waals surface area contributed by atoms with Crippen molar-refractivity contribution < 1.29 is 4.79 Å². The van der Waals surface area contributed by atoms with Crippen LogP contribution in [0.3, 0.4) is 0 Å². The SMILES string of the molecule is Cc1cccnc1NC(=O)c1cc(Cl)nc2ccccc12. The van der Waals surface area contributed by atoms with Crippen molar-refractivity contribution in [1.82, 2.24) is 9.97 Å². The number of nitrogens with one attached hydrogen (secondary N) is 1. The van der Waals surface area contributed by atoms with Gasteiger partial charge in [-0.15, -0.1) is 0 Å². The topological polar surface area (TPSA) is 54.9 Å². The number of aromatic nitrogens is 2. The summed E-state index contributed by atoms with van der Waals surface area (Å²) in [5.74, 6) is 0.289. The average molecular weight is 298 g/mol. The number of benzene rings is 1. The second-order valence-corrected chi connectivity index (χ2v) is 5.02. The van der Waals surface area contributed by atoms with Crippen molar-refractivity contribution >= 4 is 34.2 Å². The molecule has 0 fully saturated rings. The van der Waals surface area contributed by atoms with E-state index in [-0.39, 0.29) is 11.1 Å². The minimum Gasteiger partial charge on any atom is -0.306 e. The molecule has 0 saturated heterocycles. The number of halogens is 1. The summed E-state index contributed by atoms with van der Waals surface area (Å²) in [5, 5.41) is 3.86. The van der Waals surface area contributed by atoms with E-state index in [1.165, 1.54) is 0 Å². The zero-order valence-electron chi connectivity index (χ0n) is 11.3. The number of nitrogens with zero attached hydrogens (tertiary/aromatic N) is 2. The molecule has 2 heterocycles. The maximum atomic E-state index is 12.5. The molecular formula is C16H12ClN3O. The Morgan fingerprint density at radius 2 is 2.00 bits per heavy atom. The third-order valence-electron chi connectivity index (χ3n) is 3.17. The molecule has 21 heavy (non-hydrogen) atoms. The van der Waals surface area contributed by atoms with Crippen molar-refractivity contribution in [2.45, 2.75) is 6.92 Å². The number of hydrogen-bond donors (Lipinski definition) is 1. The van der Waals surface area contributed by atoms with Crippen molar-refractivity contribution in [3.8, 4) is 0 Å². The van der Waals surface area contributed by atoms with Gasteiger partial charge in [-0.2, -0.15) is 0 Å². The molecule has 3 rings (SSSR count). The minimum absolute atomic E-state index is 0.252. The zero-order valence-corrected chi connectivity index (χ0v) is 12.1. The molecule has 0 bridgehead atoms. The lowest BCUT2D eigenvalue weighted by Crippen LogP contribution is -2.14. The van der Waals surface area contributed by atoms with E-state index in [0.717, 1.165) is 10.9 Å². The summed E-state index contributed by atoms with van der Waals surface area (Å²) in [6, 6.07) is 12.7. The third-order valence-corrected chi connectivity index (χ3v) is 3.36. The number of para-hydroxylation sites is 1. The number of carbonyl (C=O) groups is 1. The predicted octanol–water partition coefficient (Wildman–Crippen LogP) is 3.84. The van der Waals surface area contributed by atoms with Crippen molar-refractivity contribution in [2.24, 2.45) is 0 Å². The van der Waals surface area contributed by atoms with Crippen LogP contribution in [0.15, 0.2) is 48.7 Å². The van der Waals surface area contributed by atoms with Gasteiger partial charge < -0.3 is 5.32 Å². The maximum absolute atomic E-state index is 12.5. The Balaban J connectivity index is 2.04. The molecule has 1 N–H and O–H groups in total. The summed E-state index contributed by atoms with van der Waals surface area (Å²) in [4.78, 5) is 20.9. The van der Waals surface area contributed by atoms with Crippen LogP contribution >= 0.6 is 11.6 Å². The Labute approximate surface area is 126 Å². The van der Waals surface area contributed by atoms with Crippen LogP contribution in [0, 0.1) is 6.92 Å². The minimum atomic E-state index is -0.252. The Kier molecular flexibility index (Phi) is 3.54. The Hall–Kier alpha value is -2.46. The third kappa shape index (κ3) is 2.71. The van der Waals surface area contributed by atoms with Crippen molar-refractivity contribution in [1.29, 1.82) is 0 Å². The van der Waals surface area contributed by atoms with Gasteiger partial charge in [0, 0.05) is 11.6 Å². The highest BCUT2D eigenvalue weighted by Crippen LogP contribution is 2.22. The number of fused-ring (bicyclic) bond motifs is 1. The van der Waals surface area contributed by atoms with E-state index < -0.39 is 0 Å². The second-order valence-electron chi connectivity index (χ2n) is 4.63. The van der Waals surface area contributed by atoms with Gasteiger partial charge in [0.1, 0.15) is 11.0 Å². The van der Waals surface area contributed by atoms with Gasteiger partial charge in [0.05, 0.1) is 11.1 Å². The van der Waals surface area contributed by atoms with Gasteiger partial charge in [0.2, 0.25) is 0 Å². The number of amides is 1. The second kappa shape index (κ2) is 5.50. The van der Waals surface area contributed by atoms with Gasteiger partial charge in [-0.25, -0.2) is 9.97 Å². The Morgan fingerprint density at radius 3 is 2.81 bits per heavy atom. The summed E-state index contributed by atoms with van der Waals surface area (Å²) in [6.07, 6.45) is 1.64. The summed E-state index contributed by atoms with van der Waals surface area (Å²) in [7, 11) is 0. The molecule has 104 valence electrons. The molecule has 2 aromatic heterocycles. The molecule has 0 spiro atoms. The maximum Gasteiger partial charge on any atom is 0.257 e. The van der Waals surface area contributed by atoms with Gasteiger partial charge in [-0.05, 0) is 30.7 Å². The van der Waals surface area contributed by atoms with Crippen LogP contribution in [0.5, 0.6) is 0 Å². The number of aryl methyl sites for hydroxylation is 1. The molecule has 1 amide bonds. The monoisotopic (exact) mass is 297 g/mol. The molecule has 0 atom stereocenters. The molecule has 0 aliphatic carbocycles. The van der Waals surface area contributed by atoms with E-state index in [1.54, 1.807) is 12.3 Å². The fourth-order valence-corrected chi connectivity index (χ4v) is 2.32. The first-order valence-corrected chi connectivity index (χ1v) is 6.81. The van der Waals surface area contributed by atoms with Gasteiger partial charge in [0.15, 0.2) is 0 Å². The van der Waals surface area contributed by atoms with Crippen LogP contribution in [0.2, 0.25) is 5.15 Å². The normalized spacial score (nSPS) is 10.6. The highest BCUT2D eigenvalue weighted by atomic mass is 35.5. The molecule has 1 aromatic carbocycles. The van der Waals surface area contributed by atoms with Gasteiger partial charge in [0.25, 0.3) is 5.91 Å². The number of anilines is 1. The van der Waals surface area contributed by atoms with Crippen LogP contribution in [0.1, 0.15) is 15.9 Å². The molecule has 0 aliphatic heterocycles. The Bertz CT molecular complexity index is 833. The largest absolute Gasteiger partial charge is 0.306 e. The van der Waals surface area contributed by atoms with Crippen LogP contribution in [0.4, 0.5) is 5.82 Å². The fourth-order valence-electron chi connectivity index (χ4n) is 2.12. The molecule has 0 unspecified atom stereocenters. The number of carbonyl (C=O) groups excluding carboxylic acids is 1. The van der Waals surface area contributed by atoms with E-state index in [9.17, 15) is 4.79 Å². The highest BCUT2D eigenvalue weighted by Gasteiger charge is 2.13. The highest BCUT2D eigenvalue weighted by molar-refractivity contribution is 6.30. The van der Waals surface area contributed by atoms with E-state index in [1.807, 2.05) is 43.3 Å². The molecular weight excluding hydrogens is 286 g/mol. The molecule has 4 nitrogen and oxygen atoms in total. The summed E-state index contributed by atoms with van der Waals surface area (Å²) in [6.45, 7) is 1.89. The first-order valence-electron chi connectivity index (χ1n) is 6.43. The smallest absolute Gasteiger partial charge is 0.257 e. The van der Waals surface area contributed by atoms with Crippen LogP contribution in [0.25, 0.3) is 10.9 Å². The lowest BCUT2D eigenvalue weighted by molar-refractivity contribution is 0.102. The van der Waals surface area contributed by atoms with E-state index in [0.29, 0.717) is 16.9 Å².